The molecule has 0 radical (unpaired) electrons. The van der Waals surface area contributed by atoms with E-state index in [0.717, 1.165) is 28.4 Å². The molecule has 1 atom stereocenters. The minimum atomic E-state index is -1.05. The van der Waals surface area contributed by atoms with Gasteiger partial charge in [0.15, 0.2) is 5.13 Å². The number of carbonyl (C=O) groups excluding carboxylic acids is 3. The van der Waals surface area contributed by atoms with Crippen molar-refractivity contribution in [1.29, 1.82) is 0 Å². The van der Waals surface area contributed by atoms with Gasteiger partial charge in [-0.15, -0.1) is 0 Å². The van der Waals surface area contributed by atoms with Crippen LogP contribution in [0.3, 0.4) is 0 Å². The summed E-state index contributed by atoms with van der Waals surface area (Å²) in [5.74, 6) is -2.85. The normalized spacial score (nSPS) is 17.0. The lowest BCUT2D eigenvalue weighted by atomic mass is 9.95. The fourth-order valence-corrected chi connectivity index (χ4v) is 4.80. The van der Waals surface area contributed by atoms with E-state index in [1.54, 1.807) is 31.2 Å². The van der Waals surface area contributed by atoms with Gasteiger partial charge in [-0.05, 0) is 55.8 Å². The van der Waals surface area contributed by atoms with E-state index in [9.17, 15) is 23.9 Å². The number of thiazole rings is 1. The Bertz CT molecular complexity index is 1330. The van der Waals surface area contributed by atoms with E-state index < -0.39 is 35.3 Å². The molecule has 1 aliphatic heterocycles. The molecule has 0 bridgehead atoms. The molecule has 1 N–H and O–H groups in total. The second-order valence-corrected chi connectivity index (χ2v) is 8.56. The van der Waals surface area contributed by atoms with Crippen LogP contribution in [-0.2, 0) is 14.3 Å². The van der Waals surface area contributed by atoms with Gasteiger partial charge in [0, 0.05) is 5.56 Å². The summed E-state index contributed by atoms with van der Waals surface area (Å²) >= 11 is 0.905. The molecule has 0 unspecified atom stereocenters. The molecule has 0 spiro atoms. The molecule has 35 heavy (non-hydrogen) atoms. The Kier molecular flexibility index (Phi) is 6.65. The number of aromatic nitrogens is 1. The van der Waals surface area contributed by atoms with Crippen molar-refractivity contribution < 1.29 is 33.4 Å². The van der Waals surface area contributed by atoms with E-state index in [4.69, 9.17) is 9.47 Å². The third-order valence-corrected chi connectivity index (χ3v) is 6.57. The van der Waals surface area contributed by atoms with Gasteiger partial charge in [0.1, 0.15) is 22.2 Å². The molecule has 1 amide bonds. The highest BCUT2D eigenvalue weighted by atomic mass is 32.1. The first kappa shape index (κ1) is 24.1. The van der Waals surface area contributed by atoms with Gasteiger partial charge in [0.2, 0.25) is 0 Å². The lowest BCUT2D eigenvalue weighted by molar-refractivity contribution is -0.132. The monoisotopic (exact) mass is 496 g/mol. The molecular weight excluding hydrogens is 475 g/mol. The summed E-state index contributed by atoms with van der Waals surface area (Å²) in [5.41, 5.74) is 0.829. The number of amides is 1. The summed E-state index contributed by atoms with van der Waals surface area (Å²) in [5, 5.41) is 11.2. The highest BCUT2D eigenvalue weighted by Crippen LogP contribution is 2.44. The number of rotatable bonds is 6. The van der Waals surface area contributed by atoms with Gasteiger partial charge >= 0.3 is 11.9 Å². The van der Waals surface area contributed by atoms with Gasteiger partial charge < -0.3 is 14.6 Å². The smallest absolute Gasteiger partial charge is 0.350 e. The molecule has 4 rings (SSSR count). The Morgan fingerprint density at radius 2 is 1.80 bits per heavy atom. The second kappa shape index (κ2) is 9.67. The number of ketones is 1. The third-order valence-electron chi connectivity index (χ3n) is 5.43. The van der Waals surface area contributed by atoms with Gasteiger partial charge in [-0.1, -0.05) is 23.5 Å². The second-order valence-electron chi connectivity index (χ2n) is 7.58. The van der Waals surface area contributed by atoms with Gasteiger partial charge in [-0.25, -0.2) is 14.2 Å². The van der Waals surface area contributed by atoms with Crippen LogP contribution in [0.4, 0.5) is 9.52 Å². The summed E-state index contributed by atoms with van der Waals surface area (Å²) in [7, 11) is 1.23. The van der Waals surface area contributed by atoms with Crippen molar-refractivity contribution in [1.82, 2.24) is 4.98 Å². The maximum Gasteiger partial charge on any atom is 0.350 e. The molecule has 0 aliphatic carbocycles. The van der Waals surface area contributed by atoms with Crippen molar-refractivity contribution >= 4 is 39.9 Å². The molecule has 0 saturated carbocycles. The molecule has 180 valence electrons. The number of hydrogen-bond acceptors (Lipinski definition) is 8. The number of hydrogen-bond donors (Lipinski definition) is 1. The van der Waals surface area contributed by atoms with Crippen LogP contribution in [0, 0.1) is 12.7 Å². The first-order chi connectivity index (χ1) is 16.8. The highest BCUT2D eigenvalue weighted by molar-refractivity contribution is 7.17. The van der Waals surface area contributed by atoms with Crippen LogP contribution < -0.4 is 9.64 Å². The number of nitrogens with zero attached hydrogens (tertiary/aromatic N) is 2. The SMILES string of the molecule is CCOc1ccc([C@H]2/C(=C(\O)c3ccc(F)cc3)C(=O)C(=O)N2c2nc(C)c(C(=O)OC)s2)cc1. The van der Waals surface area contributed by atoms with Crippen LogP contribution in [0.25, 0.3) is 5.76 Å². The predicted molar refractivity (Wildman–Crippen MR) is 127 cm³/mol. The van der Waals surface area contributed by atoms with Crippen LogP contribution in [-0.4, -0.2) is 41.5 Å². The molecule has 1 aromatic heterocycles. The standard InChI is InChI=1S/C25H21FN2O6S/c1-4-34-17-11-7-14(8-12-17)19-18(20(29)15-5-9-16(26)10-6-15)21(30)23(31)28(19)25-27-13(2)22(35-25)24(32)33-3/h5-12,19,29H,4H2,1-3H3/b20-18+/t19-/m0/s1. The Morgan fingerprint density at radius 1 is 1.14 bits per heavy atom. The summed E-state index contributed by atoms with van der Waals surface area (Å²) in [6, 6.07) is 10.6. The number of carbonyl (C=O) groups is 3. The fraction of sp³-hybridized carbons (Fsp3) is 0.200. The van der Waals surface area contributed by atoms with E-state index in [2.05, 4.69) is 4.98 Å². The molecule has 1 aliphatic rings. The van der Waals surface area contributed by atoms with E-state index in [-0.39, 0.29) is 21.1 Å². The number of halogens is 1. The Hall–Kier alpha value is -4.05. The van der Waals surface area contributed by atoms with Gasteiger partial charge in [0.25, 0.3) is 5.78 Å². The van der Waals surface area contributed by atoms with Crippen molar-refractivity contribution in [2.24, 2.45) is 0 Å². The van der Waals surface area contributed by atoms with Gasteiger partial charge in [-0.3, -0.25) is 14.5 Å². The van der Waals surface area contributed by atoms with E-state index >= 15 is 0 Å². The number of esters is 1. The quantitative estimate of drug-likeness (QED) is 0.233. The number of benzene rings is 2. The van der Waals surface area contributed by atoms with Crippen LogP contribution in [0.15, 0.2) is 54.1 Å². The van der Waals surface area contributed by atoms with E-state index in [1.807, 2.05) is 6.92 Å². The molecule has 1 saturated heterocycles. The average molecular weight is 497 g/mol. The average Bonchev–Trinajstić information content (AvgIpc) is 3.36. The van der Waals surface area contributed by atoms with Crippen LogP contribution in [0.5, 0.6) is 5.75 Å². The molecule has 1 fully saturated rings. The number of aryl methyl sites for hydroxylation is 1. The maximum atomic E-state index is 13.4. The number of anilines is 1. The topological polar surface area (TPSA) is 106 Å². The maximum absolute atomic E-state index is 13.4. The molecule has 2 aromatic carbocycles. The molecule has 8 nitrogen and oxygen atoms in total. The zero-order chi connectivity index (χ0) is 25.3. The lowest BCUT2D eigenvalue weighted by Crippen LogP contribution is -2.29. The first-order valence-electron chi connectivity index (χ1n) is 10.6. The summed E-state index contributed by atoms with van der Waals surface area (Å²) in [6.07, 6.45) is 0. The number of ether oxygens (including phenoxy) is 2. The molecule has 10 heteroatoms. The number of aliphatic hydroxyl groups excluding tert-OH is 1. The minimum absolute atomic E-state index is 0.0991. The number of Topliss-reactive ketones (excluding diaryl/α,β-unsaturated/α-hetero) is 1. The van der Waals surface area contributed by atoms with Crippen molar-refractivity contribution in [2.45, 2.75) is 19.9 Å². The highest BCUT2D eigenvalue weighted by Gasteiger charge is 2.48. The Labute approximate surface area is 204 Å². The summed E-state index contributed by atoms with van der Waals surface area (Å²) < 4.78 is 23.7. The lowest BCUT2D eigenvalue weighted by Gasteiger charge is -2.23. The molecule has 2 heterocycles. The third kappa shape index (κ3) is 4.40. The van der Waals surface area contributed by atoms with Gasteiger partial charge in [-0.2, -0.15) is 0 Å². The largest absolute Gasteiger partial charge is 0.507 e. The van der Waals surface area contributed by atoms with Crippen LogP contribution in [0.2, 0.25) is 0 Å². The van der Waals surface area contributed by atoms with Crippen molar-refractivity contribution in [3.63, 3.8) is 0 Å². The Morgan fingerprint density at radius 3 is 2.40 bits per heavy atom. The molecule has 3 aromatic rings. The zero-order valence-electron chi connectivity index (χ0n) is 19.1. The van der Waals surface area contributed by atoms with Crippen molar-refractivity contribution in [3.8, 4) is 5.75 Å². The van der Waals surface area contributed by atoms with Gasteiger partial charge in [0.05, 0.1) is 31.0 Å². The first-order valence-corrected chi connectivity index (χ1v) is 11.4. The predicted octanol–water partition coefficient (Wildman–Crippen LogP) is 4.40. The minimum Gasteiger partial charge on any atom is -0.507 e. The summed E-state index contributed by atoms with van der Waals surface area (Å²) in [6.45, 7) is 3.89. The summed E-state index contributed by atoms with van der Waals surface area (Å²) in [4.78, 5) is 44.2. The number of aliphatic hydroxyl groups is 1. The Balaban J connectivity index is 1.90. The molecular formula is C25H21FN2O6S. The van der Waals surface area contributed by atoms with Crippen LogP contribution >= 0.6 is 11.3 Å². The van der Waals surface area contributed by atoms with E-state index in [0.29, 0.717) is 23.6 Å². The van der Waals surface area contributed by atoms with E-state index in [1.165, 1.54) is 19.2 Å². The van der Waals surface area contributed by atoms with Crippen molar-refractivity contribution in [2.75, 3.05) is 18.6 Å². The number of methoxy groups -OCH3 is 1. The van der Waals surface area contributed by atoms with Crippen LogP contribution in [0.1, 0.15) is 39.5 Å². The fourth-order valence-electron chi connectivity index (χ4n) is 3.79. The zero-order valence-corrected chi connectivity index (χ0v) is 19.9. The van der Waals surface area contributed by atoms with Crippen molar-refractivity contribution in [3.05, 3.63) is 81.6 Å².